The summed E-state index contributed by atoms with van der Waals surface area (Å²) < 4.78 is 0. The van der Waals surface area contributed by atoms with Crippen LogP contribution in [0.25, 0.3) is 0 Å². The van der Waals surface area contributed by atoms with Crippen LogP contribution >= 0.6 is 11.6 Å². The Bertz CT molecular complexity index is 315. The lowest BCUT2D eigenvalue weighted by Gasteiger charge is -2.16. The van der Waals surface area contributed by atoms with Crippen LogP contribution < -0.4 is 5.32 Å². The van der Waals surface area contributed by atoms with Crippen molar-refractivity contribution < 1.29 is 0 Å². The average Bonchev–Trinajstić information content (AvgIpc) is 2.24. The van der Waals surface area contributed by atoms with E-state index in [1.807, 2.05) is 12.1 Å². The van der Waals surface area contributed by atoms with Gasteiger partial charge in [0.15, 0.2) is 0 Å². The molecule has 0 fully saturated rings. The molecular formula is C12H20ClN3. The number of nitrogens with zero attached hydrogens (tertiary/aromatic N) is 2. The van der Waals surface area contributed by atoms with Crippen LogP contribution in [-0.2, 0) is 0 Å². The first-order chi connectivity index (χ1) is 7.61. The molecule has 1 N–H and O–H groups in total. The molecule has 1 aromatic heterocycles. The molecule has 4 heteroatoms. The molecule has 0 amide bonds. The lowest BCUT2D eigenvalue weighted by atomic mass is 10.1. The molecule has 0 saturated heterocycles. The molecule has 0 aliphatic heterocycles. The van der Waals surface area contributed by atoms with E-state index < -0.39 is 0 Å². The highest BCUT2D eigenvalue weighted by molar-refractivity contribution is 6.30. The van der Waals surface area contributed by atoms with Crippen LogP contribution in [0.3, 0.4) is 0 Å². The van der Waals surface area contributed by atoms with Crippen molar-refractivity contribution in [3.8, 4) is 0 Å². The van der Waals surface area contributed by atoms with Gasteiger partial charge in [0.25, 0.3) is 0 Å². The van der Waals surface area contributed by atoms with Gasteiger partial charge in [-0.15, -0.1) is 0 Å². The van der Waals surface area contributed by atoms with Crippen LogP contribution in [0.4, 0.5) is 0 Å². The van der Waals surface area contributed by atoms with E-state index in [0.29, 0.717) is 5.15 Å². The van der Waals surface area contributed by atoms with Crippen molar-refractivity contribution in [2.75, 3.05) is 27.2 Å². The second-order valence-corrected chi connectivity index (χ2v) is 4.57. The van der Waals surface area contributed by atoms with E-state index >= 15 is 0 Å². The van der Waals surface area contributed by atoms with Gasteiger partial charge in [0.2, 0.25) is 0 Å². The number of aromatic nitrogens is 1. The third kappa shape index (κ3) is 4.47. The minimum atomic E-state index is 0.253. The van der Waals surface area contributed by atoms with Crippen LogP contribution in [0.5, 0.6) is 0 Å². The quantitative estimate of drug-likeness (QED) is 0.612. The summed E-state index contributed by atoms with van der Waals surface area (Å²) in [6.07, 6.45) is 2.85. The summed E-state index contributed by atoms with van der Waals surface area (Å²) in [5, 5.41) is 4.04. The summed E-state index contributed by atoms with van der Waals surface area (Å²) in [6, 6.07) is 4.18. The standard InChI is InChI=1S/C12H20ClN3/c1-10(14-8-5-9-16(2)3)11-6-4-7-15-12(11)13/h4,6-7,10,14H,5,8-9H2,1-3H3. The number of rotatable bonds is 6. The Morgan fingerprint density at radius 1 is 1.50 bits per heavy atom. The Morgan fingerprint density at radius 3 is 2.88 bits per heavy atom. The van der Waals surface area contributed by atoms with E-state index in [1.165, 1.54) is 0 Å². The van der Waals surface area contributed by atoms with Crippen molar-refractivity contribution in [2.24, 2.45) is 0 Å². The number of hydrogen-bond donors (Lipinski definition) is 1. The monoisotopic (exact) mass is 241 g/mol. The summed E-state index contributed by atoms with van der Waals surface area (Å²) >= 11 is 6.02. The van der Waals surface area contributed by atoms with Gasteiger partial charge in [-0.2, -0.15) is 0 Å². The predicted molar refractivity (Wildman–Crippen MR) is 68.8 cm³/mol. The zero-order valence-electron chi connectivity index (χ0n) is 10.2. The van der Waals surface area contributed by atoms with Gasteiger partial charge in [-0.25, -0.2) is 4.98 Å². The molecule has 1 unspecified atom stereocenters. The molecule has 90 valence electrons. The van der Waals surface area contributed by atoms with Gasteiger partial charge in [0, 0.05) is 17.8 Å². The highest BCUT2D eigenvalue weighted by atomic mass is 35.5. The van der Waals surface area contributed by atoms with Gasteiger partial charge < -0.3 is 10.2 Å². The molecule has 0 aliphatic rings. The molecule has 1 rings (SSSR count). The van der Waals surface area contributed by atoms with Crippen molar-refractivity contribution >= 4 is 11.6 Å². The molecule has 16 heavy (non-hydrogen) atoms. The molecule has 0 saturated carbocycles. The minimum Gasteiger partial charge on any atom is -0.310 e. The summed E-state index contributed by atoms with van der Waals surface area (Å²) in [5.41, 5.74) is 1.06. The zero-order chi connectivity index (χ0) is 12.0. The van der Waals surface area contributed by atoms with E-state index in [-0.39, 0.29) is 6.04 Å². The Hall–Kier alpha value is -0.640. The second-order valence-electron chi connectivity index (χ2n) is 4.22. The second kappa shape index (κ2) is 6.84. The molecule has 0 radical (unpaired) electrons. The third-order valence-electron chi connectivity index (χ3n) is 2.49. The van der Waals surface area contributed by atoms with Crippen molar-refractivity contribution in [3.05, 3.63) is 29.0 Å². The first-order valence-electron chi connectivity index (χ1n) is 5.60. The maximum absolute atomic E-state index is 6.02. The maximum Gasteiger partial charge on any atom is 0.133 e. The Morgan fingerprint density at radius 2 is 2.25 bits per heavy atom. The van der Waals surface area contributed by atoms with Crippen LogP contribution in [-0.4, -0.2) is 37.1 Å². The van der Waals surface area contributed by atoms with E-state index in [4.69, 9.17) is 11.6 Å². The number of halogens is 1. The van der Waals surface area contributed by atoms with E-state index in [9.17, 15) is 0 Å². The number of pyridine rings is 1. The van der Waals surface area contributed by atoms with Gasteiger partial charge in [-0.3, -0.25) is 0 Å². The van der Waals surface area contributed by atoms with E-state index in [1.54, 1.807) is 6.20 Å². The lowest BCUT2D eigenvalue weighted by Crippen LogP contribution is -2.24. The highest BCUT2D eigenvalue weighted by Crippen LogP contribution is 2.19. The SMILES string of the molecule is CC(NCCCN(C)C)c1cccnc1Cl. The summed E-state index contributed by atoms with van der Waals surface area (Å²) in [7, 11) is 4.17. The molecule has 3 nitrogen and oxygen atoms in total. The molecule has 0 aliphatic carbocycles. The van der Waals surface area contributed by atoms with Crippen molar-refractivity contribution in [1.82, 2.24) is 15.2 Å². The molecule has 0 spiro atoms. The molecular weight excluding hydrogens is 222 g/mol. The van der Waals surface area contributed by atoms with Crippen LogP contribution in [0.1, 0.15) is 24.9 Å². The molecule has 0 aromatic carbocycles. The fourth-order valence-corrected chi connectivity index (χ4v) is 1.83. The van der Waals surface area contributed by atoms with Gasteiger partial charge in [-0.05, 0) is 46.6 Å². The molecule has 1 aromatic rings. The van der Waals surface area contributed by atoms with Gasteiger partial charge in [-0.1, -0.05) is 17.7 Å². The van der Waals surface area contributed by atoms with Crippen molar-refractivity contribution in [3.63, 3.8) is 0 Å². The topological polar surface area (TPSA) is 28.2 Å². The minimum absolute atomic E-state index is 0.253. The predicted octanol–water partition coefficient (Wildman–Crippen LogP) is 2.34. The molecule has 1 atom stereocenters. The average molecular weight is 242 g/mol. The first-order valence-corrected chi connectivity index (χ1v) is 5.97. The maximum atomic E-state index is 6.02. The lowest BCUT2D eigenvalue weighted by molar-refractivity contribution is 0.389. The smallest absolute Gasteiger partial charge is 0.133 e. The Kier molecular flexibility index (Phi) is 5.74. The normalized spacial score (nSPS) is 13.1. The zero-order valence-corrected chi connectivity index (χ0v) is 11.0. The van der Waals surface area contributed by atoms with E-state index in [0.717, 1.165) is 25.1 Å². The van der Waals surface area contributed by atoms with Gasteiger partial charge in [0.05, 0.1) is 0 Å². The van der Waals surface area contributed by atoms with Gasteiger partial charge in [0.1, 0.15) is 5.15 Å². The van der Waals surface area contributed by atoms with Crippen LogP contribution in [0.2, 0.25) is 5.15 Å². The molecule has 0 bridgehead atoms. The van der Waals surface area contributed by atoms with Gasteiger partial charge >= 0.3 is 0 Å². The first kappa shape index (κ1) is 13.4. The number of hydrogen-bond acceptors (Lipinski definition) is 3. The fraction of sp³-hybridized carbons (Fsp3) is 0.583. The van der Waals surface area contributed by atoms with Crippen LogP contribution in [0.15, 0.2) is 18.3 Å². The highest BCUT2D eigenvalue weighted by Gasteiger charge is 2.08. The fourth-order valence-electron chi connectivity index (χ4n) is 1.55. The summed E-state index contributed by atoms with van der Waals surface area (Å²) in [4.78, 5) is 6.26. The largest absolute Gasteiger partial charge is 0.310 e. The van der Waals surface area contributed by atoms with Crippen molar-refractivity contribution in [2.45, 2.75) is 19.4 Å². The summed E-state index contributed by atoms with van der Waals surface area (Å²) in [6.45, 7) is 4.20. The molecule has 1 heterocycles. The summed E-state index contributed by atoms with van der Waals surface area (Å²) in [5.74, 6) is 0. The van der Waals surface area contributed by atoms with Crippen LogP contribution in [0, 0.1) is 0 Å². The van der Waals surface area contributed by atoms with Crippen molar-refractivity contribution in [1.29, 1.82) is 0 Å². The van der Waals surface area contributed by atoms with E-state index in [2.05, 4.69) is 36.2 Å². The Labute approximate surface area is 103 Å². The number of nitrogens with one attached hydrogen (secondary N) is 1. The Balaban J connectivity index is 2.35. The third-order valence-corrected chi connectivity index (χ3v) is 2.80.